The summed E-state index contributed by atoms with van der Waals surface area (Å²) in [4.78, 5) is 18.7. The number of carboxylic acids is 1. The molecule has 0 bridgehead atoms. The molecule has 2 heterocycles. The molecule has 96 valence electrons. The highest BCUT2D eigenvalue weighted by Crippen LogP contribution is 2.37. The number of fused-ring (bicyclic) bond motifs is 1. The Balaban J connectivity index is 2.12. The zero-order valence-corrected chi connectivity index (χ0v) is 10.1. The number of benzene rings is 1. The monoisotopic (exact) mass is 258 g/mol. The zero-order valence-electron chi connectivity index (χ0n) is 10.1. The van der Waals surface area contributed by atoms with Crippen molar-refractivity contribution in [2.45, 2.75) is 6.92 Å². The van der Waals surface area contributed by atoms with Crippen LogP contribution in [0.2, 0.25) is 0 Å². The molecule has 0 unspecified atom stereocenters. The Morgan fingerprint density at radius 1 is 1.21 bits per heavy atom. The van der Waals surface area contributed by atoms with Crippen LogP contribution in [0.25, 0.3) is 11.3 Å². The summed E-state index contributed by atoms with van der Waals surface area (Å²) in [5.74, 6) is 0.242. The van der Waals surface area contributed by atoms with Crippen LogP contribution in [-0.4, -0.2) is 27.8 Å². The molecule has 1 N–H and O–H groups in total. The molecular formula is C13H10N2O4. The number of hydrogen-bond acceptors (Lipinski definition) is 5. The molecule has 1 aliphatic rings. The van der Waals surface area contributed by atoms with Gasteiger partial charge in [0.05, 0.1) is 5.69 Å². The summed E-state index contributed by atoms with van der Waals surface area (Å²) in [6.45, 7) is 2.10. The molecule has 0 spiro atoms. The van der Waals surface area contributed by atoms with Gasteiger partial charge in [-0.05, 0) is 30.7 Å². The first-order valence-corrected chi connectivity index (χ1v) is 5.61. The molecule has 6 heteroatoms. The fourth-order valence-corrected chi connectivity index (χ4v) is 1.94. The van der Waals surface area contributed by atoms with Gasteiger partial charge in [0.2, 0.25) is 6.79 Å². The van der Waals surface area contributed by atoms with Gasteiger partial charge in [-0.1, -0.05) is 0 Å². The van der Waals surface area contributed by atoms with Gasteiger partial charge in [-0.2, -0.15) is 0 Å². The third kappa shape index (κ3) is 1.97. The number of ether oxygens (including phenoxy) is 2. The Morgan fingerprint density at radius 3 is 2.68 bits per heavy atom. The second-order valence-electron chi connectivity index (χ2n) is 4.11. The third-order valence-corrected chi connectivity index (χ3v) is 2.88. The molecule has 1 aromatic heterocycles. The Kier molecular flexibility index (Phi) is 2.56. The second-order valence-corrected chi connectivity index (χ2v) is 4.11. The number of aromatic nitrogens is 2. The van der Waals surface area contributed by atoms with Crippen molar-refractivity contribution in [1.29, 1.82) is 0 Å². The molecule has 0 amide bonds. The van der Waals surface area contributed by atoms with E-state index < -0.39 is 5.97 Å². The van der Waals surface area contributed by atoms with Crippen molar-refractivity contribution < 1.29 is 19.4 Å². The number of carbonyl (C=O) groups is 1. The molecule has 3 rings (SSSR count). The van der Waals surface area contributed by atoms with Crippen LogP contribution in [0, 0.1) is 6.92 Å². The first kappa shape index (κ1) is 11.5. The minimum Gasteiger partial charge on any atom is -0.477 e. The largest absolute Gasteiger partial charge is 0.477 e. The molecule has 0 radical (unpaired) electrons. The van der Waals surface area contributed by atoms with Crippen molar-refractivity contribution in [1.82, 2.24) is 9.97 Å². The summed E-state index contributed by atoms with van der Waals surface area (Å²) < 4.78 is 10.6. The highest BCUT2D eigenvalue weighted by molar-refractivity contribution is 5.86. The highest BCUT2D eigenvalue weighted by Gasteiger charge is 2.17. The fourth-order valence-electron chi connectivity index (χ4n) is 1.94. The zero-order chi connectivity index (χ0) is 13.4. The normalized spacial score (nSPS) is 12.5. The standard InChI is InChI=1S/C13H10N2O4/c1-7-2-11-12(19-6-18-11)3-8(7)9-4-10(13(16)17)15-5-14-9/h2-5H,6H2,1H3,(H,16,17). The molecule has 19 heavy (non-hydrogen) atoms. The fraction of sp³-hybridized carbons (Fsp3) is 0.154. The van der Waals surface area contributed by atoms with Gasteiger partial charge in [-0.3, -0.25) is 0 Å². The number of rotatable bonds is 2. The number of carboxylic acid groups (broad SMARTS) is 1. The third-order valence-electron chi connectivity index (χ3n) is 2.88. The minimum atomic E-state index is -1.08. The topological polar surface area (TPSA) is 81.5 Å². The smallest absolute Gasteiger partial charge is 0.354 e. The van der Waals surface area contributed by atoms with Crippen LogP contribution in [0.4, 0.5) is 0 Å². The summed E-state index contributed by atoms with van der Waals surface area (Å²) in [6, 6.07) is 5.08. The van der Waals surface area contributed by atoms with Gasteiger partial charge in [0, 0.05) is 5.56 Å². The molecule has 0 saturated heterocycles. The average Bonchev–Trinajstić information content (AvgIpc) is 2.85. The molecular weight excluding hydrogens is 248 g/mol. The maximum atomic E-state index is 10.9. The van der Waals surface area contributed by atoms with E-state index in [1.165, 1.54) is 12.4 Å². The van der Waals surface area contributed by atoms with Crippen LogP contribution in [0.5, 0.6) is 11.5 Å². The van der Waals surface area contributed by atoms with E-state index >= 15 is 0 Å². The second kappa shape index (κ2) is 4.24. The van der Waals surface area contributed by atoms with Crippen molar-refractivity contribution in [3.05, 3.63) is 35.8 Å². The van der Waals surface area contributed by atoms with E-state index in [0.29, 0.717) is 17.2 Å². The van der Waals surface area contributed by atoms with Gasteiger partial charge < -0.3 is 14.6 Å². The van der Waals surface area contributed by atoms with Crippen molar-refractivity contribution in [2.24, 2.45) is 0 Å². The SMILES string of the molecule is Cc1cc2c(cc1-c1cc(C(=O)O)ncn1)OCO2. The van der Waals surface area contributed by atoms with E-state index in [1.54, 1.807) is 6.07 Å². The lowest BCUT2D eigenvalue weighted by atomic mass is 10.0. The number of aryl methyl sites for hydroxylation is 1. The summed E-state index contributed by atoms with van der Waals surface area (Å²) >= 11 is 0. The Hall–Kier alpha value is -2.63. The van der Waals surface area contributed by atoms with Crippen LogP contribution in [0.3, 0.4) is 0 Å². The number of nitrogens with zero attached hydrogens (tertiary/aromatic N) is 2. The van der Waals surface area contributed by atoms with Crippen molar-refractivity contribution in [2.75, 3.05) is 6.79 Å². The van der Waals surface area contributed by atoms with Crippen LogP contribution in [0.15, 0.2) is 24.5 Å². The predicted molar refractivity (Wildman–Crippen MR) is 65.3 cm³/mol. The van der Waals surface area contributed by atoms with Crippen LogP contribution in [0.1, 0.15) is 16.1 Å². The van der Waals surface area contributed by atoms with Gasteiger partial charge in [-0.25, -0.2) is 14.8 Å². The molecule has 0 aliphatic carbocycles. The Labute approximate surface area is 108 Å². The molecule has 2 aromatic rings. The van der Waals surface area contributed by atoms with Crippen molar-refractivity contribution >= 4 is 5.97 Å². The lowest BCUT2D eigenvalue weighted by Gasteiger charge is -2.07. The number of aromatic carboxylic acids is 1. The maximum Gasteiger partial charge on any atom is 0.354 e. The summed E-state index contributed by atoms with van der Waals surface area (Å²) in [5, 5.41) is 8.95. The number of hydrogen-bond donors (Lipinski definition) is 1. The molecule has 6 nitrogen and oxygen atoms in total. The van der Waals surface area contributed by atoms with E-state index in [0.717, 1.165) is 11.1 Å². The quantitative estimate of drug-likeness (QED) is 0.885. The van der Waals surface area contributed by atoms with Crippen LogP contribution < -0.4 is 9.47 Å². The lowest BCUT2D eigenvalue weighted by Crippen LogP contribution is -2.01. The van der Waals surface area contributed by atoms with E-state index in [9.17, 15) is 4.79 Å². The van der Waals surface area contributed by atoms with Gasteiger partial charge in [0.1, 0.15) is 6.33 Å². The molecule has 0 atom stereocenters. The van der Waals surface area contributed by atoms with E-state index in [1.807, 2.05) is 13.0 Å². The maximum absolute atomic E-state index is 10.9. The first-order chi connectivity index (χ1) is 9.15. The van der Waals surface area contributed by atoms with E-state index in [4.69, 9.17) is 14.6 Å². The predicted octanol–water partition coefficient (Wildman–Crippen LogP) is 1.88. The Morgan fingerprint density at radius 2 is 1.95 bits per heavy atom. The summed E-state index contributed by atoms with van der Waals surface area (Å²) in [7, 11) is 0. The highest BCUT2D eigenvalue weighted by atomic mass is 16.7. The van der Waals surface area contributed by atoms with Crippen LogP contribution in [-0.2, 0) is 0 Å². The molecule has 1 aliphatic heterocycles. The van der Waals surface area contributed by atoms with E-state index in [-0.39, 0.29) is 12.5 Å². The lowest BCUT2D eigenvalue weighted by molar-refractivity contribution is 0.0690. The molecule has 0 saturated carbocycles. The van der Waals surface area contributed by atoms with Crippen molar-refractivity contribution in [3.8, 4) is 22.8 Å². The van der Waals surface area contributed by atoms with Gasteiger partial charge in [0.15, 0.2) is 17.2 Å². The van der Waals surface area contributed by atoms with Gasteiger partial charge >= 0.3 is 5.97 Å². The van der Waals surface area contributed by atoms with Gasteiger partial charge in [-0.15, -0.1) is 0 Å². The molecule has 1 aromatic carbocycles. The first-order valence-electron chi connectivity index (χ1n) is 5.61. The van der Waals surface area contributed by atoms with E-state index in [2.05, 4.69) is 9.97 Å². The minimum absolute atomic E-state index is 0.0398. The van der Waals surface area contributed by atoms with Crippen molar-refractivity contribution in [3.63, 3.8) is 0 Å². The molecule has 0 fully saturated rings. The van der Waals surface area contributed by atoms with Gasteiger partial charge in [0.25, 0.3) is 0 Å². The average molecular weight is 258 g/mol. The summed E-state index contributed by atoms with van der Waals surface area (Å²) in [5.41, 5.74) is 2.23. The van der Waals surface area contributed by atoms with Crippen LogP contribution >= 0.6 is 0 Å². The Bertz CT molecular complexity index is 670. The summed E-state index contributed by atoms with van der Waals surface area (Å²) in [6.07, 6.45) is 1.24.